The van der Waals surface area contributed by atoms with E-state index in [0.717, 1.165) is 25.7 Å². The molecular weight excluding hydrogens is 383 g/mol. The molecule has 0 saturated carbocycles. The average Bonchev–Trinajstić information content (AvgIpc) is 2.63. The summed E-state index contributed by atoms with van der Waals surface area (Å²) in [5.74, 6) is -3.50. The van der Waals surface area contributed by atoms with Crippen molar-refractivity contribution in [2.45, 2.75) is 76.2 Å². The van der Waals surface area contributed by atoms with E-state index >= 15 is 0 Å². The van der Waals surface area contributed by atoms with Crippen molar-refractivity contribution in [3.63, 3.8) is 0 Å². The van der Waals surface area contributed by atoms with Gasteiger partial charge in [0.05, 0.1) is 13.0 Å². The van der Waals surface area contributed by atoms with Crippen LogP contribution in [0.25, 0.3) is 0 Å². The number of aliphatic hydroxyl groups is 4. The largest absolute Gasteiger partial charge is 1.00 e. The van der Waals surface area contributed by atoms with Crippen molar-refractivity contribution in [1.29, 1.82) is 0 Å². The normalized spacial score (nSPS) is 28.5. The maximum Gasteiger partial charge on any atom is 1.00 e. The number of esters is 1. The first kappa shape index (κ1) is 27.5. The second-order valence-corrected chi connectivity index (χ2v) is 6.61. The SMILES string of the molecule is CCCCC/C=C\CC(CC(=O)O[C@@H]1C(O)[C@H](O)OC(CO)[C@H]1O)C(=O)[O-].[Na+]. The van der Waals surface area contributed by atoms with Crippen molar-refractivity contribution < 1.29 is 74.2 Å². The van der Waals surface area contributed by atoms with E-state index < -0.39 is 61.6 Å². The minimum absolute atomic E-state index is 0. The molecule has 1 aliphatic rings. The van der Waals surface area contributed by atoms with Crippen LogP contribution in [0.4, 0.5) is 0 Å². The molecular formula is C18H29NaO9. The molecule has 0 amide bonds. The predicted octanol–water partition coefficient (Wildman–Crippen LogP) is -4.38. The van der Waals surface area contributed by atoms with Crippen LogP contribution >= 0.6 is 0 Å². The fraction of sp³-hybridized carbons (Fsp3) is 0.778. The van der Waals surface area contributed by atoms with Gasteiger partial charge in [-0.15, -0.1) is 0 Å². The number of carbonyl (C=O) groups excluding carboxylic acids is 2. The number of rotatable bonds is 11. The van der Waals surface area contributed by atoms with Gasteiger partial charge in [0.2, 0.25) is 0 Å². The summed E-state index contributed by atoms with van der Waals surface area (Å²) in [6, 6.07) is 0. The second-order valence-electron chi connectivity index (χ2n) is 6.61. The van der Waals surface area contributed by atoms with Crippen LogP contribution in [0.5, 0.6) is 0 Å². The van der Waals surface area contributed by atoms with E-state index in [0.29, 0.717) is 0 Å². The molecule has 1 aliphatic heterocycles. The van der Waals surface area contributed by atoms with Gasteiger partial charge in [0, 0.05) is 11.9 Å². The molecule has 28 heavy (non-hydrogen) atoms. The molecule has 1 fully saturated rings. The summed E-state index contributed by atoms with van der Waals surface area (Å²) in [6.45, 7) is 1.42. The number of hydrogen-bond acceptors (Lipinski definition) is 9. The fourth-order valence-electron chi connectivity index (χ4n) is 2.76. The monoisotopic (exact) mass is 412 g/mol. The Balaban J connectivity index is 0.00000729. The third-order valence-electron chi connectivity index (χ3n) is 4.42. The summed E-state index contributed by atoms with van der Waals surface area (Å²) in [5, 5.41) is 49.7. The molecule has 6 atom stereocenters. The molecule has 1 saturated heterocycles. The Bertz CT molecular complexity index is 499. The van der Waals surface area contributed by atoms with Gasteiger partial charge in [0.1, 0.15) is 18.3 Å². The van der Waals surface area contributed by atoms with Crippen LogP contribution in [0, 0.1) is 5.92 Å². The van der Waals surface area contributed by atoms with Crippen LogP contribution in [-0.2, 0) is 19.1 Å². The van der Waals surface area contributed by atoms with E-state index in [1.54, 1.807) is 6.08 Å². The first-order valence-electron chi connectivity index (χ1n) is 9.17. The molecule has 0 aromatic carbocycles. The summed E-state index contributed by atoms with van der Waals surface area (Å²) < 4.78 is 9.74. The van der Waals surface area contributed by atoms with E-state index in [4.69, 9.17) is 14.6 Å². The first-order valence-corrected chi connectivity index (χ1v) is 9.17. The second kappa shape index (κ2) is 14.5. The molecule has 0 aromatic rings. The van der Waals surface area contributed by atoms with E-state index in [9.17, 15) is 30.0 Å². The Morgan fingerprint density at radius 2 is 1.86 bits per heavy atom. The molecule has 3 unspecified atom stereocenters. The van der Waals surface area contributed by atoms with Crippen molar-refractivity contribution in [2.75, 3.05) is 6.61 Å². The van der Waals surface area contributed by atoms with Gasteiger partial charge in [-0.2, -0.15) is 0 Å². The van der Waals surface area contributed by atoms with Gasteiger partial charge in [-0.1, -0.05) is 31.9 Å². The molecule has 4 N–H and O–H groups in total. The van der Waals surface area contributed by atoms with Crippen molar-refractivity contribution in [3.05, 3.63) is 12.2 Å². The molecule has 9 nitrogen and oxygen atoms in total. The maximum absolute atomic E-state index is 12.0. The summed E-state index contributed by atoms with van der Waals surface area (Å²) in [6.07, 6.45) is -0.780. The Morgan fingerprint density at radius 3 is 2.43 bits per heavy atom. The minimum Gasteiger partial charge on any atom is -0.550 e. The standard InChI is InChI=1S/C18H30O9.Na/c1-2-3-4-5-6-7-8-11(17(23)24)9-13(20)27-16-14(21)12(10-19)26-18(25)15(16)22;/h6-7,11-12,14-16,18-19,21-22,25H,2-5,8-10H2,1H3,(H,23,24);/q;+1/p-1/b7-6-;/t11?,12?,14-,15?,16+,18-;/m1./s1. The van der Waals surface area contributed by atoms with Crippen LogP contribution in [0.3, 0.4) is 0 Å². The molecule has 1 heterocycles. The average molecular weight is 412 g/mol. The molecule has 10 heteroatoms. The third kappa shape index (κ3) is 8.87. The molecule has 0 bridgehead atoms. The Hall–Kier alpha value is -0.520. The quantitative estimate of drug-likeness (QED) is 0.114. The summed E-state index contributed by atoms with van der Waals surface area (Å²) in [4.78, 5) is 23.3. The van der Waals surface area contributed by atoms with Crippen LogP contribution in [-0.4, -0.2) is 69.7 Å². The zero-order valence-electron chi connectivity index (χ0n) is 16.4. The van der Waals surface area contributed by atoms with Gasteiger partial charge in [-0.3, -0.25) is 4.79 Å². The number of carbonyl (C=O) groups is 2. The zero-order chi connectivity index (χ0) is 20.4. The van der Waals surface area contributed by atoms with Gasteiger partial charge in [0.15, 0.2) is 12.4 Å². The van der Waals surface area contributed by atoms with Crippen LogP contribution < -0.4 is 34.7 Å². The van der Waals surface area contributed by atoms with Gasteiger partial charge in [-0.05, 0) is 19.3 Å². The van der Waals surface area contributed by atoms with E-state index in [2.05, 4.69) is 6.92 Å². The van der Waals surface area contributed by atoms with E-state index in [1.807, 2.05) is 6.08 Å². The predicted molar refractivity (Wildman–Crippen MR) is 90.9 cm³/mol. The maximum atomic E-state index is 12.0. The van der Waals surface area contributed by atoms with Gasteiger partial charge < -0.3 is 39.8 Å². The molecule has 0 aliphatic carbocycles. The van der Waals surface area contributed by atoms with Crippen molar-refractivity contribution in [3.8, 4) is 0 Å². The Labute approximate surface area is 186 Å². The van der Waals surface area contributed by atoms with Crippen molar-refractivity contribution in [1.82, 2.24) is 0 Å². The number of allylic oxidation sites excluding steroid dienone is 2. The van der Waals surface area contributed by atoms with Crippen LogP contribution in [0.1, 0.15) is 45.4 Å². The van der Waals surface area contributed by atoms with Gasteiger partial charge in [-0.25, -0.2) is 0 Å². The van der Waals surface area contributed by atoms with Crippen LogP contribution in [0.15, 0.2) is 12.2 Å². The molecule has 156 valence electrons. The van der Waals surface area contributed by atoms with Crippen LogP contribution in [0.2, 0.25) is 0 Å². The first-order chi connectivity index (χ1) is 12.8. The fourth-order valence-corrected chi connectivity index (χ4v) is 2.76. The Morgan fingerprint density at radius 1 is 1.18 bits per heavy atom. The minimum atomic E-state index is -1.76. The molecule has 0 radical (unpaired) electrons. The number of carboxylic acid groups (broad SMARTS) is 1. The molecule has 0 spiro atoms. The smallest absolute Gasteiger partial charge is 0.550 e. The number of unbranched alkanes of at least 4 members (excludes halogenated alkanes) is 3. The number of carboxylic acids is 1. The molecule has 0 aromatic heterocycles. The van der Waals surface area contributed by atoms with Gasteiger partial charge >= 0.3 is 35.5 Å². The molecule has 1 rings (SSSR count). The number of hydrogen-bond donors (Lipinski definition) is 4. The van der Waals surface area contributed by atoms with E-state index in [-0.39, 0.29) is 36.0 Å². The van der Waals surface area contributed by atoms with E-state index in [1.165, 1.54) is 0 Å². The zero-order valence-corrected chi connectivity index (χ0v) is 18.4. The number of aliphatic hydroxyl groups excluding tert-OH is 4. The topological polar surface area (TPSA) is 157 Å². The Kier molecular flexibility index (Phi) is 14.2. The van der Waals surface area contributed by atoms with Gasteiger partial charge in [0.25, 0.3) is 0 Å². The number of ether oxygens (including phenoxy) is 2. The summed E-state index contributed by atoms with van der Waals surface area (Å²) in [7, 11) is 0. The summed E-state index contributed by atoms with van der Waals surface area (Å²) >= 11 is 0. The van der Waals surface area contributed by atoms with Crippen molar-refractivity contribution in [2.24, 2.45) is 5.92 Å². The van der Waals surface area contributed by atoms with Crippen molar-refractivity contribution >= 4 is 11.9 Å². The summed E-state index contributed by atoms with van der Waals surface area (Å²) in [5.41, 5.74) is 0. The third-order valence-corrected chi connectivity index (χ3v) is 4.42. The number of aliphatic carboxylic acids is 1.